The average molecular weight is 114 g/mol. The molecule has 0 aromatic heterocycles. The standard InChI is InChI=1S/C7H14O/c1-6(8)5-7(2,3)4/h5,8H,1-4H3/b6-5+. The normalized spacial score (nSPS) is 14.2. The van der Waals surface area contributed by atoms with Crippen LogP contribution in [0.15, 0.2) is 11.8 Å². The number of aliphatic hydroxyl groups is 1. The lowest BCUT2D eigenvalue weighted by molar-refractivity contribution is 0.393. The molecular weight excluding hydrogens is 100 g/mol. The highest BCUT2D eigenvalue weighted by Crippen LogP contribution is 2.15. The highest BCUT2D eigenvalue weighted by atomic mass is 16.3. The van der Waals surface area contributed by atoms with E-state index in [0.29, 0.717) is 5.76 Å². The van der Waals surface area contributed by atoms with Crippen LogP contribution in [0, 0.1) is 5.41 Å². The van der Waals surface area contributed by atoms with E-state index in [1.807, 2.05) is 26.8 Å². The average Bonchev–Trinajstić information content (AvgIpc) is 1.21. The summed E-state index contributed by atoms with van der Waals surface area (Å²) in [4.78, 5) is 0. The Morgan fingerprint density at radius 2 is 1.75 bits per heavy atom. The first-order valence-corrected chi connectivity index (χ1v) is 2.80. The van der Waals surface area contributed by atoms with Gasteiger partial charge in [0.05, 0.1) is 5.76 Å². The van der Waals surface area contributed by atoms with E-state index in [4.69, 9.17) is 5.11 Å². The van der Waals surface area contributed by atoms with Gasteiger partial charge in [0.1, 0.15) is 0 Å². The van der Waals surface area contributed by atoms with E-state index in [-0.39, 0.29) is 5.41 Å². The molecule has 0 radical (unpaired) electrons. The fraction of sp³-hybridized carbons (Fsp3) is 0.714. The highest BCUT2D eigenvalue weighted by Gasteiger charge is 2.04. The van der Waals surface area contributed by atoms with Crippen molar-refractivity contribution in [3.8, 4) is 0 Å². The first-order valence-electron chi connectivity index (χ1n) is 2.80. The largest absolute Gasteiger partial charge is 0.513 e. The molecule has 0 spiro atoms. The van der Waals surface area contributed by atoms with Crippen molar-refractivity contribution in [3.63, 3.8) is 0 Å². The molecular formula is C7H14O. The van der Waals surface area contributed by atoms with Gasteiger partial charge < -0.3 is 5.11 Å². The fourth-order valence-electron chi connectivity index (χ4n) is 0.627. The van der Waals surface area contributed by atoms with Gasteiger partial charge in [-0.1, -0.05) is 20.8 Å². The van der Waals surface area contributed by atoms with Gasteiger partial charge in [0, 0.05) is 0 Å². The maximum absolute atomic E-state index is 8.75. The molecule has 1 nitrogen and oxygen atoms in total. The Morgan fingerprint density at radius 1 is 1.38 bits per heavy atom. The van der Waals surface area contributed by atoms with E-state index in [1.165, 1.54) is 0 Å². The zero-order valence-electron chi connectivity index (χ0n) is 6.02. The quantitative estimate of drug-likeness (QED) is 0.480. The van der Waals surface area contributed by atoms with Crippen LogP contribution in [0.25, 0.3) is 0 Å². The molecule has 0 saturated heterocycles. The molecule has 48 valence electrons. The smallest absolute Gasteiger partial charge is 0.0857 e. The Hall–Kier alpha value is -0.460. The second-order valence-electron chi connectivity index (χ2n) is 3.15. The van der Waals surface area contributed by atoms with Crippen molar-refractivity contribution in [3.05, 3.63) is 11.8 Å². The molecule has 0 heterocycles. The van der Waals surface area contributed by atoms with Crippen molar-refractivity contribution in [2.24, 2.45) is 5.41 Å². The van der Waals surface area contributed by atoms with Crippen molar-refractivity contribution in [2.45, 2.75) is 27.7 Å². The predicted molar refractivity (Wildman–Crippen MR) is 35.8 cm³/mol. The van der Waals surface area contributed by atoms with E-state index in [1.54, 1.807) is 6.92 Å². The Balaban J connectivity index is 3.89. The number of allylic oxidation sites excluding steroid dienone is 2. The maximum Gasteiger partial charge on any atom is 0.0857 e. The third-order valence-corrected chi connectivity index (χ3v) is 0.642. The molecule has 0 fully saturated rings. The lowest BCUT2D eigenvalue weighted by atomic mass is 9.96. The molecule has 0 aliphatic carbocycles. The van der Waals surface area contributed by atoms with Gasteiger partial charge in [-0.2, -0.15) is 0 Å². The van der Waals surface area contributed by atoms with Crippen molar-refractivity contribution < 1.29 is 5.11 Å². The van der Waals surface area contributed by atoms with E-state index < -0.39 is 0 Å². The third-order valence-electron chi connectivity index (χ3n) is 0.642. The summed E-state index contributed by atoms with van der Waals surface area (Å²) in [6.45, 7) is 7.83. The maximum atomic E-state index is 8.75. The third kappa shape index (κ3) is 5.54. The van der Waals surface area contributed by atoms with Crippen LogP contribution in [-0.2, 0) is 0 Å². The van der Waals surface area contributed by atoms with Crippen molar-refractivity contribution in [1.82, 2.24) is 0 Å². The molecule has 0 atom stereocenters. The van der Waals surface area contributed by atoms with Gasteiger partial charge in [-0.15, -0.1) is 0 Å². The number of rotatable bonds is 0. The van der Waals surface area contributed by atoms with Gasteiger partial charge in [-0.3, -0.25) is 0 Å². The minimum atomic E-state index is 0.110. The Bertz CT molecular complexity index is 91.4. The van der Waals surface area contributed by atoms with E-state index in [0.717, 1.165) is 0 Å². The van der Waals surface area contributed by atoms with Crippen LogP contribution in [0.4, 0.5) is 0 Å². The molecule has 0 aromatic carbocycles. The number of hydrogen-bond donors (Lipinski definition) is 1. The Morgan fingerprint density at radius 3 is 1.75 bits per heavy atom. The van der Waals surface area contributed by atoms with Crippen molar-refractivity contribution >= 4 is 0 Å². The van der Waals surface area contributed by atoms with Crippen molar-refractivity contribution in [1.29, 1.82) is 0 Å². The van der Waals surface area contributed by atoms with Crippen LogP contribution in [-0.4, -0.2) is 5.11 Å². The molecule has 8 heavy (non-hydrogen) atoms. The molecule has 0 aromatic rings. The minimum absolute atomic E-state index is 0.110. The second kappa shape index (κ2) is 2.21. The van der Waals surface area contributed by atoms with Crippen LogP contribution in [0.3, 0.4) is 0 Å². The molecule has 0 amide bonds. The molecule has 0 bridgehead atoms. The van der Waals surface area contributed by atoms with Gasteiger partial charge in [-0.05, 0) is 18.4 Å². The van der Waals surface area contributed by atoms with Crippen molar-refractivity contribution in [2.75, 3.05) is 0 Å². The highest BCUT2D eigenvalue weighted by molar-refractivity contribution is 4.94. The van der Waals surface area contributed by atoms with Crippen LogP contribution in [0.1, 0.15) is 27.7 Å². The summed E-state index contributed by atoms with van der Waals surface area (Å²) >= 11 is 0. The Labute approximate surface area is 51.0 Å². The number of aliphatic hydroxyl groups excluding tert-OH is 1. The van der Waals surface area contributed by atoms with Crippen LogP contribution >= 0.6 is 0 Å². The van der Waals surface area contributed by atoms with Gasteiger partial charge in [-0.25, -0.2) is 0 Å². The zero-order chi connectivity index (χ0) is 6.78. The molecule has 0 rings (SSSR count). The minimum Gasteiger partial charge on any atom is -0.513 e. The monoisotopic (exact) mass is 114 g/mol. The van der Waals surface area contributed by atoms with Gasteiger partial charge in [0.25, 0.3) is 0 Å². The summed E-state index contributed by atoms with van der Waals surface area (Å²) in [5, 5.41) is 8.75. The molecule has 0 unspecified atom stereocenters. The van der Waals surface area contributed by atoms with E-state index in [2.05, 4.69) is 0 Å². The van der Waals surface area contributed by atoms with E-state index >= 15 is 0 Å². The second-order valence-corrected chi connectivity index (χ2v) is 3.15. The summed E-state index contributed by atoms with van der Waals surface area (Å²) in [6.07, 6.45) is 1.83. The topological polar surface area (TPSA) is 20.2 Å². The lowest BCUT2D eigenvalue weighted by Gasteiger charge is -2.10. The first kappa shape index (κ1) is 7.54. The Kier molecular flexibility index (Phi) is 2.08. The first-order chi connectivity index (χ1) is 3.42. The van der Waals surface area contributed by atoms with E-state index in [9.17, 15) is 0 Å². The molecule has 1 heteroatoms. The summed E-state index contributed by atoms with van der Waals surface area (Å²) < 4.78 is 0. The zero-order valence-corrected chi connectivity index (χ0v) is 6.02. The van der Waals surface area contributed by atoms with Gasteiger partial charge in [0.15, 0.2) is 0 Å². The SMILES string of the molecule is C/C(O)=C\C(C)(C)C. The molecule has 1 N–H and O–H groups in total. The van der Waals surface area contributed by atoms with Crippen LogP contribution in [0.5, 0.6) is 0 Å². The molecule has 0 aliphatic heterocycles. The lowest BCUT2D eigenvalue weighted by Crippen LogP contribution is -1.99. The predicted octanol–water partition coefficient (Wildman–Crippen LogP) is 2.49. The molecule has 0 aliphatic rings. The van der Waals surface area contributed by atoms with Gasteiger partial charge >= 0.3 is 0 Å². The fourth-order valence-corrected chi connectivity index (χ4v) is 0.627. The summed E-state index contributed by atoms with van der Waals surface area (Å²) in [6, 6.07) is 0. The molecule has 0 saturated carbocycles. The summed E-state index contributed by atoms with van der Waals surface area (Å²) in [5.41, 5.74) is 0.110. The summed E-state index contributed by atoms with van der Waals surface area (Å²) in [5.74, 6) is 0.400. The van der Waals surface area contributed by atoms with Crippen LogP contribution in [0.2, 0.25) is 0 Å². The number of hydrogen-bond acceptors (Lipinski definition) is 1. The van der Waals surface area contributed by atoms with Crippen LogP contribution < -0.4 is 0 Å². The summed E-state index contributed by atoms with van der Waals surface area (Å²) in [7, 11) is 0. The van der Waals surface area contributed by atoms with Gasteiger partial charge in [0.2, 0.25) is 0 Å².